The Kier molecular flexibility index (Phi) is 3.20. The third kappa shape index (κ3) is 2.22. The predicted octanol–water partition coefficient (Wildman–Crippen LogP) is 1.51. The molecule has 6 nitrogen and oxygen atoms in total. The number of aromatic nitrogens is 4. The van der Waals surface area contributed by atoms with Gasteiger partial charge in [0.15, 0.2) is 5.82 Å². The maximum absolute atomic E-state index is 11.7. The van der Waals surface area contributed by atoms with Crippen molar-refractivity contribution in [2.45, 2.75) is 13.5 Å². The number of aryl methyl sites for hydroxylation is 1. The van der Waals surface area contributed by atoms with E-state index in [1.54, 1.807) is 6.92 Å². The molecule has 0 saturated carbocycles. The fourth-order valence-electron chi connectivity index (χ4n) is 1.10. The summed E-state index contributed by atoms with van der Waals surface area (Å²) >= 11 is 6.36. The first-order chi connectivity index (χ1) is 7.58. The van der Waals surface area contributed by atoms with Crippen LogP contribution in [0.15, 0.2) is 24.5 Å². The van der Waals surface area contributed by atoms with Gasteiger partial charge in [-0.3, -0.25) is 4.79 Å². The second-order valence-electron chi connectivity index (χ2n) is 3.00. The molecule has 2 aromatic rings. The fourth-order valence-corrected chi connectivity index (χ4v) is 1.67. The molecule has 0 N–H and O–H groups in total. The monoisotopic (exact) mass is 348 g/mol. The Bertz CT molecular complexity index is 578. The van der Waals surface area contributed by atoms with Crippen molar-refractivity contribution in [3.05, 3.63) is 37.2 Å². The summed E-state index contributed by atoms with van der Waals surface area (Å²) in [6.45, 7) is 1.87. The molecule has 0 aliphatic carbocycles. The van der Waals surface area contributed by atoms with E-state index in [0.29, 0.717) is 20.7 Å². The van der Waals surface area contributed by atoms with Crippen molar-refractivity contribution in [3.63, 3.8) is 0 Å². The van der Waals surface area contributed by atoms with Crippen molar-refractivity contribution in [2.75, 3.05) is 0 Å². The van der Waals surface area contributed by atoms with E-state index >= 15 is 0 Å². The Morgan fingerprint density at radius 3 is 2.88 bits per heavy atom. The number of hydrogen-bond donors (Lipinski definition) is 0. The molecule has 2 aromatic heterocycles. The quantitative estimate of drug-likeness (QED) is 0.821. The molecule has 0 unspecified atom stereocenters. The molecule has 0 aliphatic heterocycles. The third-order valence-electron chi connectivity index (χ3n) is 1.80. The van der Waals surface area contributed by atoms with E-state index in [4.69, 9.17) is 4.52 Å². The van der Waals surface area contributed by atoms with Gasteiger partial charge in [0.1, 0.15) is 11.0 Å². The molecule has 0 spiro atoms. The Hall–Kier alpha value is -1.02. The lowest BCUT2D eigenvalue weighted by atomic mass is 10.5. The molecule has 0 radical (unpaired) electrons. The van der Waals surface area contributed by atoms with E-state index in [0.717, 1.165) is 0 Å². The van der Waals surface area contributed by atoms with Gasteiger partial charge in [0.2, 0.25) is 5.89 Å². The van der Waals surface area contributed by atoms with E-state index in [2.05, 4.69) is 47.1 Å². The first-order valence-corrected chi connectivity index (χ1v) is 5.87. The smallest absolute Gasteiger partial charge is 0.282 e. The SMILES string of the molecule is Cc1nc(Cn2ncc(Br)c(Br)c2=O)no1. The number of halogens is 2. The van der Waals surface area contributed by atoms with Crippen molar-refractivity contribution in [2.24, 2.45) is 0 Å². The number of nitrogens with zero attached hydrogens (tertiary/aromatic N) is 4. The molecule has 84 valence electrons. The van der Waals surface area contributed by atoms with Crippen LogP contribution < -0.4 is 5.56 Å². The molecule has 0 aromatic carbocycles. The summed E-state index contributed by atoms with van der Waals surface area (Å²) < 4.78 is 7.08. The highest BCUT2D eigenvalue weighted by Crippen LogP contribution is 2.16. The number of hydrogen-bond acceptors (Lipinski definition) is 5. The second-order valence-corrected chi connectivity index (χ2v) is 4.65. The third-order valence-corrected chi connectivity index (χ3v) is 3.70. The summed E-state index contributed by atoms with van der Waals surface area (Å²) in [4.78, 5) is 15.7. The predicted molar refractivity (Wildman–Crippen MR) is 62.0 cm³/mol. The van der Waals surface area contributed by atoms with Gasteiger partial charge in [-0.15, -0.1) is 0 Å². The zero-order chi connectivity index (χ0) is 11.7. The first-order valence-electron chi connectivity index (χ1n) is 4.28. The maximum Gasteiger partial charge on any atom is 0.282 e. The molecule has 16 heavy (non-hydrogen) atoms. The Labute approximate surface area is 107 Å². The van der Waals surface area contributed by atoms with Crippen LogP contribution in [0.1, 0.15) is 11.7 Å². The minimum atomic E-state index is -0.253. The van der Waals surface area contributed by atoms with Gasteiger partial charge in [-0.25, -0.2) is 4.68 Å². The first kappa shape index (κ1) is 11.5. The highest BCUT2D eigenvalue weighted by atomic mass is 79.9. The molecular formula is C8H6Br2N4O2. The van der Waals surface area contributed by atoms with Crippen LogP contribution in [0.3, 0.4) is 0 Å². The van der Waals surface area contributed by atoms with E-state index in [1.165, 1.54) is 10.9 Å². The standard InChI is InChI=1S/C8H6Br2N4O2/c1-4-12-6(13-16-4)3-14-8(15)7(10)5(9)2-11-14/h2H,3H2,1H3. The van der Waals surface area contributed by atoms with Crippen LogP contribution in [0.25, 0.3) is 0 Å². The largest absolute Gasteiger partial charge is 0.340 e. The fraction of sp³-hybridized carbons (Fsp3) is 0.250. The van der Waals surface area contributed by atoms with E-state index in [1.807, 2.05) is 0 Å². The van der Waals surface area contributed by atoms with E-state index < -0.39 is 0 Å². The minimum Gasteiger partial charge on any atom is -0.340 e. The zero-order valence-corrected chi connectivity index (χ0v) is 11.3. The van der Waals surface area contributed by atoms with Crippen LogP contribution in [0.4, 0.5) is 0 Å². The van der Waals surface area contributed by atoms with Crippen molar-refractivity contribution >= 4 is 31.9 Å². The van der Waals surface area contributed by atoms with Gasteiger partial charge in [-0.1, -0.05) is 5.16 Å². The maximum atomic E-state index is 11.7. The van der Waals surface area contributed by atoms with Gasteiger partial charge >= 0.3 is 0 Å². The molecule has 8 heteroatoms. The van der Waals surface area contributed by atoms with Gasteiger partial charge in [0, 0.05) is 6.92 Å². The summed E-state index contributed by atoms with van der Waals surface area (Å²) in [5.74, 6) is 0.876. The number of rotatable bonds is 2. The van der Waals surface area contributed by atoms with Crippen LogP contribution in [-0.2, 0) is 6.54 Å². The summed E-state index contributed by atoms with van der Waals surface area (Å²) in [7, 11) is 0. The van der Waals surface area contributed by atoms with Gasteiger partial charge < -0.3 is 4.52 Å². The normalized spacial score (nSPS) is 10.7. The topological polar surface area (TPSA) is 73.8 Å². The van der Waals surface area contributed by atoms with Crippen LogP contribution in [0, 0.1) is 6.92 Å². The van der Waals surface area contributed by atoms with Crippen molar-refractivity contribution in [1.29, 1.82) is 0 Å². The second kappa shape index (κ2) is 4.46. The molecule has 2 heterocycles. The van der Waals surface area contributed by atoms with Crippen LogP contribution in [0.5, 0.6) is 0 Å². The van der Waals surface area contributed by atoms with Gasteiger partial charge in [-0.2, -0.15) is 10.1 Å². The summed E-state index contributed by atoms with van der Waals surface area (Å²) in [5.41, 5.74) is -0.253. The molecule has 2 rings (SSSR count). The summed E-state index contributed by atoms with van der Waals surface area (Å²) in [6.07, 6.45) is 1.53. The zero-order valence-electron chi connectivity index (χ0n) is 8.15. The summed E-state index contributed by atoms with van der Waals surface area (Å²) in [5, 5.41) is 7.64. The molecule has 0 bridgehead atoms. The van der Waals surface area contributed by atoms with E-state index in [-0.39, 0.29) is 12.1 Å². The lowest BCUT2D eigenvalue weighted by molar-refractivity contribution is 0.384. The van der Waals surface area contributed by atoms with Crippen LogP contribution >= 0.6 is 31.9 Å². The van der Waals surface area contributed by atoms with Gasteiger partial charge in [-0.05, 0) is 31.9 Å². The minimum absolute atomic E-state index is 0.183. The average molecular weight is 350 g/mol. The Balaban J connectivity index is 2.36. The molecule has 0 fully saturated rings. The molecule has 0 saturated heterocycles. The molecule has 0 amide bonds. The lowest BCUT2D eigenvalue weighted by Gasteiger charge is -2.01. The van der Waals surface area contributed by atoms with E-state index in [9.17, 15) is 4.79 Å². The van der Waals surface area contributed by atoms with Gasteiger partial charge in [0.25, 0.3) is 5.56 Å². The molecule has 0 aliphatic rings. The molecular weight excluding hydrogens is 344 g/mol. The molecule has 0 atom stereocenters. The van der Waals surface area contributed by atoms with Crippen molar-refractivity contribution in [1.82, 2.24) is 19.9 Å². The van der Waals surface area contributed by atoms with Crippen LogP contribution in [0.2, 0.25) is 0 Å². The summed E-state index contributed by atoms with van der Waals surface area (Å²) in [6, 6.07) is 0. The van der Waals surface area contributed by atoms with Crippen LogP contribution in [-0.4, -0.2) is 19.9 Å². The average Bonchev–Trinajstić information content (AvgIpc) is 2.65. The van der Waals surface area contributed by atoms with Crippen molar-refractivity contribution in [3.8, 4) is 0 Å². The van der Waals surface area contributed by atoms with Gasteiger partial charge in [0.05, 0.1) is 10.7 Å². The Morgan fingerprint density at radius 2 is 2.25 bits per heavy atom. The van der Waals surface area contributed by atoms with Crippen molar-refractivity contribution < 1.29 is 4.52 Å². The Morgan fingerprint density at radius 1 is 1.50 bits per heavy atom. The lowest BCUT2D eigenvalue weighted by Crippen LogP contribution is -2.24. The highest BCUT2D eigenvalue weighted by molar-refractivity contribution is 9.13. The highest BCUT2D eigenvalue weighted by Gasteiger charge is 2.09.